The minimum absolute atomic E-state index is 0.0535. The minimum Gasteiger partial charge on any atom is -0.368 e. The van der Waals surface area contributed by atoms with Gasteiger partial charge in [-0.3, -0.25) is 4.79 Å². The Bertz CT molecular complexity index is 449. The molecule has 5 heteroatoms. The van der Waals surface area contributed by atoms with Gasteiger partial charge in [-0.2, -0.15) is 0 Å². The molecule has 0 unspecified atom stereocenters. The zero-order valence-corrected chi connectivity index (χ0v) is 10.7. The lowest BCUT2D eigenvalue weighted by Crippen LogP contribution is -2.45. The SMILES string of the molecule is Cc1cn2c(n1)CC[C@@H](NC(=O)[C@H]1CCCO1)C2. The smallest absolute Gasteiger partial charge is 0.249 e. The fraction of sp³-hybridized carbons (Fsp3) is 0.692. The first-order valence-corrected chi connectivity index (χ1v) is 6.67. The Labute approximate surface area is 107 Å². The molecule has 2 atom stereocenters. The average Bonchev–Trinajstić information content (AvgIpc) is 2.95. The number of aryl methyl sites for hydroxylation is 2. The van der Waals surface area contributed by atoms with Crippen LogP contribution < -0.4 is 5.32 Å². The molecular weight excluding hydrogens is 230 g/mol. The largest absolute Gasteiger partial charge is 0.368 e. The highest BCUT2D eigenvalue weighted by Gasteiger charge is 2.27. The summed E-state index contributed by atoms with van der Waals surface area (Å²) < 4.78 is 7.55. The van der Waals surface area contributed by atoms with Gasteiger partial charge >= 0.3 is 0 Å². The van der Waals surface area contributed by atoms with E-state index < -0.39 is 0 Å². The first-order chi connectivity index (χ1) is 8.72. The van der Waals surface area contributed by atoms with Gasteiger partial charge in [-0.05, 0) is 26.2 Å². The molecule has 0 aromatic carbocycles. The first-order valence-electron chi connectivity index (χ1n) is 6.67. The molecule has 1 aromatic heterocycles. The van der Waals surface area contributed by atoms with Crippen LogP contribution in [0.2, 0.25) is 0 Å². The number of rotatable bonds is 2. The number of hydrogen-bond acceptors (Lipinski definition) is 3. The topological polar surface area (TPSA) is 56.2 Å². The predicted octanol–water partition coefficient (Wildman–Crippen LogP) is 0.802. The van der Waals surface area contributed by atoms with Gasteiger partial charge in [-0.15, -0.1) is 0 Å². The van der Waals surface area contributed by atoms with E-state index in [1.165, 1.54) is 0 Å². The van der Waals surface area contributed by atoms with E-state index in [-0.39, 0.29) is 18.1 Å². The molecule has 2 aliphatic rings. The van der Waals surface area contributed by atoms with Gasteiger partial charge < -0.3 is 14.6 Å². The third kappa shape index (κ3) is 2.27. The van der Waals surface area contributed by atoms with Gasteiger partial charge in [-0.1, -0.05) is 0 Å². The summed E-state index contributed by atoms with van der Waals surface area (Å²) in [7, 11) is 0. The second-order valence-corrected chi connectivity index (χ2v) is 5.20. The monoisotopic (exact) mass is 249 g/mol. The summed E-state index contributed by atoms with van der Waals surface area (Å²) in [5, 5.41) is 3.10. The van der Waals surface area contributed by atoms with Gasteiger partial charge in [-0.25, -0.2) is 4.98 Å². The van der Waals surface area contributed by atoms with Gasteiger partial charge in [0.2, 0.25) is 5.91 Å². The molecule has 2 aliphatic heterocycles. The van der Waals surface area contributed by atoms with Crippen molar-refractivity contribution >= 4 is 5.91 Å². The van der Waals surface area contributed by atoms with E-state index in [1.54, 1.807) is 0 Å². The number of fused-ring (bicyclic) bond motifs is 1. The van der Waals surface area contributed by atoms with Crippen molar-refractivity contribution in [3.8, 4) is 0 Å². The number of nitrogens with zero attached hydrogens (tertiary/aromatic N) is 2. The molecule has 1 saturated heterocycles. The van der Waals surface area contributed by atoms with Crippen LogP contribution in [0.15, 0.2) is 6.20 Å². The third-order valence-corrected chi connectivity index (χ3v) is 3.68. The number of hydrogen-bond donors (Lipinski definition) is 1. The highest BCUT2D eigenvalue weighted by atomic mass is 16.5. The summed E-state index contributed by atoms with van der Waals surface area (Å²) in [6, 6.07) is 0.211. The van der Waals surface area contributed by atoms with E-state index in [0.29, 0.717) is 6.61 Å². The van der Waals surface area contributed by atoms with Crippen molar-refractivity contribution in [1.29, 1.82) is 0 Å². The zero-order valence-electron chi connectivity index (χ0n) is 10.7. The van der Waals surface area contributed by atoms with Crippen molar-refractivity contribution in [2.75, 3.05) is 6.61 Å². The summed E-state index contributed by atoms with van der Waals surface area (Å²) in [4.78, 5) is 16.4. The maximum atomic E-state index is 12.0. The Balaban J connectivity index is 1.60. The zero-order chi connectivity index (χ0) is 12.5. The molecule has 0 saturated carbocycles. The second-order valence-electron chi connectivity index (χ2n) is 5.20. The number of carbonyl (C=O) groups is 1. The Kier molecular flexibility index (Phi) is 3.07. The molecule has 98 valence electrons. The number of aromatic nitrogens is 2. The third-order valence-electron chi connectivity index (χ3n) is 3.68. The van der Waals surface area contributed by atoms with E-state index in [1.807, 2.05) is 6.92 Å². The summed E-state index contributed by atoms with van der Waals surface area (Å²) in [6.07, 6.45) is 5.58. The van der Waals surface area contributed by atoms with Crippen molar-refractivity contribution in [2.24, 2.45) is 0 Å². The fourth-order valence-corrected chi connectivity index (χ4v) is 2.78. The molecule has 3 heterocycles. The molecule has 3 rings (SSSR count). The van der Waals surface area contributed by atoms with Gasteiger partial charge in [0.1, 0.15) is 11.9 Å². The van der Waals surface area contributed by atoms with Crippen molar-refractivity contribution in [1.82, 2.24) is 14.9 Å². The number of ether oxygens (including phenoxy) is 1. The normalized spacial score (nSPS) is 26.9. The lowest BCUT2D eigenvalue weighted by atomic mass is 10.1. The molecule has 5 nitrogen and oxygen atoms in total. The first kappa shape index (κ1) is 11.7. The van der Waals surface area contributed by atoms with Crippen molar-refractivity contribution in [3.05, 3.63) is 17.7 Å². The average molecular weight is 249 g/mol. The maximum absolute atomic E-state index is 12.0. The van der Waals surface area contributed by atoms with Gasteiger partial charge in [0, 0.05) is 31.8 Å². The van der Waals surface area contributed by atoms with Crippen LogP contribution in [0, 0.1) is 6.92 Å². The van der Waals surface area contributed by atoms with Crippen LogP contribution in [0.5, 0.6) is 0 Å². The molecule has 1 aromatic rings. The second kappa shape index (κ2) is 4.72. The molecule has 0 aliphatic carbocycles. The number of carbonyl (C=O) groups excluding carboxylic acids is 1. The summed E-state index contributed by atoms with van der Waals surface area (Å²) in [6.45, 7) is 3.55. The van der Waals surface area contributed by atoms with Crippen LogP contribution in [-0.4, -0.2) is 34.2 Å². The summed E-state index contributed by atoms with van der Waals surface area (Å²) in [5.74, 6) is 1.19. The summed E-state index contributed by atoms with van der Waals surface area (Å²) >= 11 is 0. The molecule has 0 spiro atoms. The highest BCUT2D eigenvalue weighted by Crippen LogP contribution is 2.17. The lowest BCUT2D eigenvalue weighted by Gasteiger charge is -2.25. The Hall–Kier alpha value is -1.36. The van der Waals surface area contributed by atoms with Gasteiger partial charge in [0.05, 0.1) is 5.69 Å². The molecule has 0 bridgehead atoms. The molecule has 1 amide bonds. The van der Waals surface area contributed by atoms with Crippen LogP contribution >= 0.6 is 0 Å². The van der Waals surface area contributed by atoms with Crippen LogP contribution in [0.25, 0.3) is 0 Å². The van der Waals surface area contributed by atoms with Crippen molar-refractivity contribution < 1.29 is 9.53 Å². The summed E-state index contributed by atoms with van der Waals surface area (Å²) in [5.41, 5.74) is 1.05. The predicted molar refractivity (Wildman–Crippen MR) is 66.2 cm³/mol. The van der Waals surface area contributed by atoms with Crippen LogP contribution in [0.3, 0.4) is 0 Å². The van der Waals surface area contributed by atoms with Gasteiger partial charge in [0.15, 0.2) is 0 Å². The van der Waals surface area contributed by atoms with Crippen molar-refractivity contribution in [3.63, 3.8) is 0 Å². The van der Waals surface area contributed by atoms with E-state index in [2.05, 4.69) is 21.1 Å². The van der Waals surface area contributed by atoms with Gasteiger partial charge in [0.25, 0.3) is 0 Å². The standard InChI is InChI=1S/C13H19N3O2/c1-9-7-16-8-10(4-5-12(16)14-9)15-13(17)11-3-2-6-18-11/h7,10-11H,2-6,8H2,1H3,(H,15,17)/t10-,11-/m1/s1. The van der Waals surface area contributed by atoms with E-state index in [9.17, 15) is 4.79 Å². The van der Waals surface area contributed by atoms with Crippen LogP contribution in [0.4, 0.5) is 0 Å². The van der Waals surface area contributed by atoms with E-state index in [4.69, 9.17) is 4.74 Å². The number of nitrogens with one attached hydrogen (secondary N) is 1. The van der Waals surface area contributed by atoms with E-state index >= 15 is 0 Å². The Morgan fingerprint density at radius 2 is 2.44 bits per heavy atom. The Morgan fingerprint density at radius 1 is 1.56 bits per heavy atom. The lowest BCUT2D eigenvalue weighted by molar-refractivity contribution is -0.131. The number of amides is 1. The molecule has 0 radical (unpaired) electrons. The van der Waals surface area contributed by atoms with Crippen molar-refractivity contribution in [2.45, 2.75) is 51.3 Å². The maximum Gasteiger partial charge on any atom is 0.249 e. The van der Waals surface area contributed by atoms with Crippen LogP contribution in [-0.2, 0) is 22.5 Å². The fourth-order valence-electron chi connectivity index (χ4n) is 2.78. The quantitative estimate of drug-likeness (QED) is 0.843. The Morgan fingerprint density at radius 3 is 3.22 bits per heavy atom. The number of imidazole rings is 1. The van der Waals surface area contributed by atoms with Crippen LogP contribution in [0.1, 0.15) is 30.8 Å². The highest BCUT2D eigenvalue weighted by molar-refractivity contribution is 5.81. The molecule has 1 fully saturated rings. The molecule has 18 heavy (non-hydrogen) atoms. The molecule has 1 N–H and O–H groups in total. The minimum atomic E-state index is -0.226. The van der Waals surface area contributed by atoms with E-state index in [0.717, 1.165) is 43.7 Å². The molecular formula is C13H19N3O2.